The van der Waals surface area contributed by atoms with Crippen LogP contribution in [0.2, 0.25) is 0 Å². The molecule has 3 aromatic carbocycles. The number of carbonyl (C=O) groups excluding carboxylic acids is 1. The summed E-state index contributed by atoms with van der Waals surface area (Å²) in [5.74, 6) is 0.568. The average molecular weight is 401 g/mol. The summed E-state index contributed by atoms with van der Waals surface area (Å²) in [7, 11) is 0. The smallest absolute Gasteiger partial charge is 0.342 e. The first-order valence-electron chi connectivity index (χ1n) is 7.59. The number of phenols is 1. The monoisotopic (exact) mass is 400 g/mol. The van der Waals surface area contributed by atoms with Gasteiger partial charge in [0, 0.05) is 10.0 Å². The van der Waals surface area contributed by atoms with E-state index in [2.05, 4.69) is 15.9 Å². The molecule has 0 aromatic heterocycles. The van der Waals surface area contributed by atoms with E-state index >= 15 is 0 Å². The van der Waals surface area contributed by atoms with Crippen molar-refractivity contribution >= 4 is 32.7 Å². The lowest BCUT2D eigenvalue weighted by atomic mass is 10.1. The van der Waals surface area contributed by atoms with Crippen LogP contribution in [0.1, 0.15) is 15.9 Å². The maximum Gasteiger partial charge on any atom is 0.342 e. The van der Waals surface area contributed by atoms with Crippen LogP contribution >= 0.6 is 15.9 Å². The van der Waals surface area contributed by atoms with Crippen molar-refractivity contribution in [1.82, 2.24) is 0 Å². The molecule has 1 aliphatic heterocycles. The summed E-state index contributed by atoms with van der Waals surface area (Å²) in [5, 5.41) is 11.8. The SMILES string of the molecule is O=C(OCc1cc2c(cc1Br)OCO2)c1cc2ccccc2cc1O. The van der Waals surface area contributed by atoms with Gasteiger partial charge in [0.1, 0.15) is 17.9 Å². The van der Waals surface area contributed by atoms with Gasteiger partial charge in [-0.1, -0.05) is 40.2 Å². The Morgan fingerprint density at radius 1 is 1.08 bits per heavy atom. The number of hydrogen-bond acceptors (Lipinski definition) is 5. The fourth-order valence-electron chi connectivity index (χ4n) is 2.68. The van der Waals surface area contributed by atoms with Crippen LogP contribution in [0.15, 0.2) is 53.0 Å². The normalized spacial score (nSPS) is 12.4. The summed E-state index contributed by atoms with van der Waals surface area (Å²) in [5.41, 5.74) is 0.883. The van der Waals surface area contributed by atoms with Crippen LogP contribution < -0.4 is 9.47 Å². The van der Waals surface area contributed by atoms with Gasteiger partial charge in [-0.2, -0.15) is 0 Å². The van der Waals surface area contributed by atoms with Gasteiger partial charge in [-0.15, -0.1) is 0 Å². The van der Waals surface area contributed by atoms with Gasteiger partial charge in [-0.05, 0) is 35.0 Å². The number of hydrogen-bond donors (Lipinski definition) is 1. The Morgan fingerprint density at radius 3 is 2.52 bits per heavy atom. The largest absolute Gasteiger partial charge is 0.507 e. The maximum absolute atomic E-state index is 12.4. The van der Waals surface area contributed by atoms with Gasteiger partial charge in [-0.25, -0.2) is 4.79 Å². The molecule has 0 fully saturated rings. The fourth-order valence-corrected chi connectivity index (χ4v) is 3.12. The first-order valence-corrected chi connectivity index (χ1v) is 8.38. The van der Waals surface area contributed by atoms with Crippen molar-refractivity contribution in [2.24, 2.45) is 0 Å². The van der Waals surface area contributed by atoms with E-state index < -0.39 is 5.97 Å². The minimum atomic E-state index is -0.590. The number of fused-ring (bicyclic) bond motifs is 2. The molecule has 0 unspecified atom stereocenters. The zero-order valence-corrected chi connectivity index (χ0v) is 14.6. The van der Waals surface area contributed by atoms with Gasteiger partial charge in [0.15, 0.2) is 11.5 Å². The summed E-state index contributed by atoms with van der Waals surface area (Å²) < 4.78 is 16.7. The van der Waals surface area contributed by atoms with Crippen molar-refractivity contribution in [1.29, 1.82) is 0 Å². The van der Waals surface area contributed by atoms with Crippen LogP contribution in [0.3, 0.4) is 0 Å². The van der Waals surface area contributed by atoms with E-state index in [-0.39, 0.29) is 24.7 Å². The molecule has 0 amide bonds. The quantitative estimate of drug-likeness (QED) is 0.660. The van der Waals surface area contributed by atoms with Gasteiger partial charge >= 0.3 is 5.97 Å². The summed E-state index contributed by atoms with van der Waals surface area (Å²) >= 11 is 3.43. The van der Waals surface area contributed by atoms with E-state index in [9.17, 15) is 9.90 Å². The molecular formula is C19H13BrO5. The Labute approximate surface area is 151 Å². The lowest BCUT2D eigenvalue weighted by Gasteiger charge is -2.10. The van der Waals surface area contributed by atoms with E-state index in [1.54, 1.807) is 24.3 Å². The first kappa shape index (κ1) is 15.8. The molecule has 126 valence electrons. The summed E-state index contributed by atoms with van der Waals surface area (Å²) in [6.07, 6.45) is 0. The fraction of sp³-hybridized carbons (Fsp3) is 0.105. The highest BCUT2D eigenvalue weighted by atomic mass is 79.9. The second kappa shape index (κ2) is 6.29. The molecule has 1 aliphatic rings. The van der Waals surface area contributed by atoms with Crippen molar-refractivity contribution in [3.63, 3.8) is 0 Å². The predicted octanol–water partition coefficient (Wildman–Crippen LogP) is 4.39. The zero-order valence-electron chi connectivity index (χ0n) is 13.0. The average Bonchev–Trinajstić information content (AvgIpc) is 3.05. The number of aromatic hydroxyl groups is 1. The van der Waals surface area contributed by atoms with E-state index in [1.165, 1.54) is 0 Å². The third kappa shape index (κ3) is 3.00. The third-order valence-electron chi connectivity index (χ3n) is 3.98. The predicted molar refractivity (Wildman–Crippen MR) is 95.0 cm³/mol. The topological polar surface area (TPSA) is 65.0 Å². The molecule has 25 heavy (non-hydrogen) atoms. The van der Waals surface area contributed by atoms with Crippen LogP contribution in [-0.2, 0) is 11.3 Å². The van der Waals surface area contributed by atoms with Crippen molar-refractivity contribution in [3.8, 4) is 17.2 Å². The molecule has 0 saturated heterocycles. The molecule has 5 nitrogen and oxygen atoms in total. The second-order valence-electron chi connectivity index (χ2n) is 5.59. The van der Waals surface area contributed by atoms with E-state index in [0.29, 0.717) is 11.5 Å². The van der Waals surface area contributed by atoms with Gasteiger partial charge in [0.2, 0.25) is 6.79 Å². The first-order chi connectivity index (χ1) is 12.1. The number of rotatable bonds is 3. The molecular weight excluding hydrogens is 388 g/mol. The van der Waals surface area contributed by atoms with E-state index in [4.69, 9.17) is 14.2 Å². The minimum absolute atomic E-state index is 0.0440. The van der Waals surface area contributed by atoms with Crippen molar-refractivity contribution < 1.29 is 24.1 Å². The highest BCUT2D eigenvalue weighted by molar-refractivity contribution is 9.10. The third-order valence-corrected chi connectivity index (χ3v) is 4.72. The molecule has 0 spiro atoms. The standard InChI is InChI=1S/C19H13BrO5/c20-15-8-18-17(24-10-25-18)7-13(15)9-23-19(22)14-5-11-3-1-2-4-12(11)6-16(14)21/h1-8,21H,9-10H2. The van der Waals surface area contributed by atoms with Crippen LogP contribution in [-0.4, -0.2) is 17.9 Å². The Kier molecular flexibility index (Phi) is 3.97. The molecule has 1 N–H and O–H groups in total. The summed E-state index contributed by atoms with van der Waals surface area (Å²) in [6, 6.07) is 14.2. The molecule has 0 aliphatic carbocycles. The summed E-state index contributed by atoms with van der Waals surface area (Å²) in [6.45, 7) is 0.221. The van der Waals surface area contributed by atoms with Crippen molar-refractivity contribution in [3.05, 3.63) is 64.1 Å². The number of benzene rings is 3. The number of halogens is 1. The van der Waals surface area contributed by atoms with E-state index in [1.807, 2.05) is 24.3 Å². The Morgan fingerprint density at radius 2 is 1.76 bits per heavy atom. The van der Waals surface area contributed by atoms with Crippen LogP contribution in [0.4, 0.5) is 0 Å². The maximum atomic E-state index is 12.4. The Hall–Kier alpha value is -2.73. The van der Waals surface area contributed by atoms with Crippen LogP contribution in [0.25, 0.3) is 10.8 Å². The molecule has 4 rings (SSSR count). The molecule has 0 radical (unpaired) electrons. The molecule has 3 aromatic rings. The van der Waals surface area contributed by atoms with Gasteiger partial charge in [0.05, 0.1) is 0 Å². The molecule has 1 heterocycles. The highest BCUT2D eigenvalue weighted by Crippen LogP contribution is 2.37. The molecule has 6 heteroatoms. The van der Waals surface area contributed by atoms with Gasteiger partial charge in [-0.3, -0.25) is 0 Å². The molecule has 0 atom stereocenters. The van der Waals surface area contributed by atoms with Gasteiger partial charge in [0.25, 0.3) is 0 Å². The van der Waals surface area contributed by atoms with Crippen molar-refractivity contribution in [2.45, 2.75) is 6.61 Å². The zero-order chi connectivity index (χ0) is 17.4. The lowest BCUT2D eigenvalue weighted by Crippen LogP contribution is -2.06. The van der Waals surface area contributed by atoms with Crippen LogP contribution in [0.5, 0.6) is 17.2 Å². The molecule has 0 bridgehead atoms. The second-order valence-corrected chi connectivity index (χ2v) is 6.44. The number of esters is 1. The summed E-state index contributed by atoms with van der Waals surface area (Å²) in [4.78, 5) is 12.4. The van der Waals surface area contributed by atoms with Crippen LogP contribution in [0, 0.1) is 0 Å². The Bertz CT molecular complexity index is 983. The lowest BCUT2D eigenvalue weighted by molar-refractivity contribution is 0.0468. The minimum Gasteiger partial charge on any atom is -0.507 e. The van der Waals surface area contributed by atoms with Crippen molar-refractivity contribution in [2.75, 3.05) is 6.79 Å². The molecule has 0 saturated carbocycles. The van der Waals surface area contributed by atoms with Gasteiger partial charge < -0.3 is 19.3 Å². The van der Waals surface area contributed by atoms with E-state index in [0.717, 1.165) is 20.8 Å². The number of carbonyl (C=O) groups is 1. The number of phenolic OH excluding ortho intramolecular Hbond substituents is 1. The Balaban J connectivity index is 1.56. The highest BCUT2D eigenvalue weighted by Gasteiger charge is 2.18. The number of ether oxygens (including phenoxy) is 3.